The highest BCUT2D eigenvalue weighted by Crippen LogP contribution is 2.33. The molecule has 1 aromatic carbocycles. The average Bonchev–Trinajstić information content (AvgIpc) is 2.90. The second kappa shape index (κ2) is 5.54. The summed E-state index contributed by atoms with van der Waals surface area (Å²) in [7, 11) is 3.13. The molecule has 2 N–H and O–H groups in total. The second-order valence-corrected chi connectivity index (χ2v) is 3.79. The van der Waals surface area contributed by atoms with Crippen molar-refractivity contribution in [3.05, 3.63) is 22.7 Å². The maximum absolute atomic E-state index is 6.14. The first-order chi connectivity index (χ1) is 8.74. The fourth-order valence-electron chi connectivity index (χ4n) is 1.44. The van der Waals surface area contributed by atoms with Crippen LogP contribution in [0.2, 0.25) is 5.02 Å². The van der Waals surface area contributed by atoms with Crippen molar-refractivity contribution in [3.8, 4) is 11.5 Å². The minimum absolute atomic E-state index is 0.404. The van der Waals surface area contributed by atoms with E-state index in [-0.39, 0.29) is 0 Å². The van der Waals surface area contributed by atoms with Crippen molar-refractivity contribution in [2.24, 2.45) is 0 Å². The highest BCUT2D eigenvalue weighted by molar-refractivity contribution is 6.31. The molecule has 18 heavy (non-hydrogen) atoms. The van der Waals surface area contributed by atoms with Crippen molar-refractivity contribution in [1.82, 2.24) is 20.6 Å². The molecule has 2 aromatic rings. The van der Waals surface area contributed by atoms with E-state index in [1.807, 2.05) is 0 Å². The SMILES string of the molecule is COc1cc(Cl)c(CNc2nn[nH]n2)cc1OC. The third-order valence-electron chi connectivity index (χ3n) is 2.33. The number of hydrogen-bond acceptors (Lipinski definition) is 6. The number of ether oxygens (including phenoxy) is 2. The number of methoxy groups -OCH3 is 2. The number of hydrogen-bond donors (Lipinski definition) is 2. The zero-order chi connectivity index (χ0) is 13.0. The van der Waals surface area contributed by atoms with Gasteiger partial charge in [0.05, 0.1) is 14.2 Å². The number of aromatic nitrogens is 4. The van der Waals surface area contributed by atoms with Crippen LogP contribution in [0.25, 0.3) is 0 Å². The third kappa shape index (κ3) is 2.62. The van der Waals surface area contributed by atoms with Crippen molar-refractivity contribution >= 4 is 17.5 Å². The molecule has 1 aromatic heterocycles. The Balaban J connectivity index is 2.17. The molecule has 0 spiro atoms. The van der Waals surface area contributed by atoms with Gasteiger partial charge in [0.25, 0.3) is 5.95 Å². The van der Waals surface area contributed by atoms with E-state index in [1.165, 1.54) is 0 Å². The summed E-state index contributed by atoms with van der Waals surface area (Å²) in [6, 6.07) is 3.50. The molecule has 0 unspecified atom stereocenters. The summed E-state index contributed by atoms with van der Waals surface area (Å²) in [4.78, 5) is 0. The summed E-state index contributed by atoms with van der Waals surface area (Å²) in [6.07, 6.45) is 0. The summed E-state index contributed by atoms with van der Waals surface area (Å²) in [5, 5.41) is 16.9. The van der Waals surface area contributed by atoms with Crippen LogP contribution in [0.15, 0.2) is 12.1 Å². The number of aromatic amines is 1. The lowest BCUT2D eigenvalue weighted by Gasteiger charge is -2.11. The monoisotopic (exact) mass is 269 g/mol. The Bertz CT molecular complexity index is 517. The van der Waals surface area contributed by atoms with E-state index >= 15 is 0 Å². The largest absolute Gasteiger partial charge is 0.493 e. The quantitative estimate of drug-likeness (QED) is 0.855. The van der Waals surface area contributed by atoms with Crippen LogP contribution in [0.5, 0.6) is 11.5 Å². The van der Waals surface area contributed by atoms with Gasteiger partial charge in [0.1, 0.15) is 0 Å². The summed E-state index contributed by atoms with van der Waals surface area (Å²) in [5.41, 5.74) is 0.846. The summed E-state index contributed by atoms with van der Waals surface area (Å²) in [5.74, 6) is 1.61. The van der Waals surface area contributed by atoms with Crippen molar-refractivity contribution in [2.45, 2.75) is 6.54 Å². The minimum atomic E-state index is 0.404. The number of halogens is 1. The zero-order valence-electron chi connectivity index (χ0n) is 9.90. The molecule has 0 aliphatic rings. The third-order valence-corrected chi connectivity index (χ3v) is 2.69. The van der Waals surface area contributed by atoms with E-state index in [9.17, 15) is 0 Å². The van der Waals surface area contributed by atoms with Crippen LogP contribution in [0.4, 0.5) is 5.95 Å². The number of nitrogens with zero attached hydrogens (tertiary/aromatic N) is 3. The molecule has 0 saturated heterocycles. The molecule has 0 saturated carbocycles. The van der Waals surface area contributed by atoms with Gasteiger partial charge in [0, 0.05) is 17.6 Å². The summed E-state index contributed by atoms with van der Waals surface area (Å²) < 4.78 is 10.4. The van der Waals surface area contributed by atoms with Gasteiger partial charge in [-0.05, 0) is 16.8 Å². The van der Waals surface area contributed by atoms with E-state index in [1.54, 1.807) is 26.4 Å². The Kier molecular flexibility index (Phi) is 3.83. The van der Waals surface area contributed by atoms with Gasteiger partial charge in [-0.15, -0.1) is 5.10 Å². The van der Waals surface area contributed by atoms with Gasteiger partial charge in [0.15, 0.2) is 11.5 Å². The van der Waals surface area contributed by atoms with Gasteiger partial charge >= 0.3 is 0 Å². The van der Waals surface area contributed by atoms with Crippen LogP contribution in [0.1, 0.15) is 5.56 Å². The second-order valence-electron chi connectivity index (χ2n) is 3.39. The van der Waals surface area contributed by atoms with Crippen LogP contribution < -0.4 is 14.8 Å². The van der Waals surface area contributed by atoms with E-state index in [2.05, 4.69) is 25.9 Å². The first kappa shape index (κ1) is 12.4. The molecule has 0 radical (unpaired) electrons. The highest BCUT2D eigenvalue weighted by atomic mass is 35.5. The maximum atomic E-state index is 6.14. The van der Waals surface area contributed by atoms with Crippen molar-refractivity contribution in [1.29, 1.82) is 0 Å². The van der Waals surface area contributed by atoms with E-state index in [0.717, 1.165) is 5.56 Å². The number of anilines is 1. The standard InChI is InChI=1S/C10H12ClN5O2/c1-17-8-3-6(7(11)4-9(8)18-2)5-12-10-13-15-16-14-10/h3-4H,5H2,1-2H3,(H2,12,13,14,15,16). The van der Waals surface area contributed by atoms with Crippen LogP contribution in [0.3, 0.4) is 0 Å². The number of H-pyrrole nitrogens is 1. The molecule has 0 aliphatic heterocycles. The fraction of sp³-hybridized carbons (Fsp3) is 0.300. The van der Waals surface area contributed by atoms with E-state index in [0.29, 0.717) is 29.0 Å². The van der Waals surface area contributed by atoms with Gasteiger partial charge in [-0.25, -0.2) is 0 Å². The first-order valence-corrected chi connectivity index (χ1v) is 5.50. The molecule has 8 heteroatoms. The van der Waals surface area contributed by atoms with Gasteiger partial charge < -0.3 is 14.8 Å². The Labute approximate surface area is 108 Å². The highest BCUT2D eigenvalue weighted by Gasteiger charge is 2.10. The van der Waals surface area contributed by atoms with E-state index < -0.39 is 0 Å². The van der Waals surface area contributed by atoms with Gasteiger partial charge in [-0.1, -0.05) is 16.7 Å². The predicted octanol–water partition coefficient (Wildman–Crippen LogP) is 1.48. The molecule has 0 bridgehead atoms. The topological polar surface area (TPSA) is 85.0 Å². The molecular formula is C10H12ClN5O2. The Hall–Kier alpha value is -2.02. The molecule has 0 amide bonds. The normalized spacial score (nSPS) is 10.2. The molecular weight excluding hydrogens is 258 g/mol. The Morgan fingerprint density at radius 3 is 2.61 bits per heavy atom. The number of benzene rings is 1. The van der Waals surface area contributed by atoms with Crippen LogP contribution in [0, 0.1) is 0 Å². The summed E-state index contributed by atoms with van der Waals surface area (Å²) in [6.45, 7) is 0.457. The smallest absolute Gasteiger partial charge is 0.263 e. The lowest BCUT2D eigenvalue weighted by atomic mass is 10.2. The van der Waals surface area contributed by atoms with Gasteiger partial charge in [-0.2, -0.15) is 5.21 Å². The fourth-order valence-corrected chi connectivity index (χ4v) is 1.66. The maximum Gasteiger partial charge on any atom is 0.263 e. The van der Waals surface area contributed by atoms with Crippen molar-refractivity contribution < 1.29 is 9.47 Å². The molecule has 2 rings (SSSR count). The van der Waals surface area contributed by atoms with Gasteiger partial charge in [-0.3, -0.25) is 0 Å². The Morgan fingerprint density at radius 1 is 1.28 bits per heavy atom. The molecule has 96 valence electrons. The van der Waals surface area contributed by atoms with Crippen molar-refractivity contribution in [2.75, 3.05) is 19.5 Å². The van der Waals surface area contributed by atoms with Crippen LogP contribution in [-0.4, -0.2) is 34.8 Å². The van der Waals surface area contributed by atoms with Crippen LogP contribution in [-0.2, 0) is 6.54 Å². The molecule has 1 heterocycles. The van der Waals surface area contributed by atoms with Gasteiger partial charge in [0.2, 0.25) is 0 Å². The molecule has 0 atom stereocenters. The lowest BCUT2D eigenvalue weighted by Crippen LogP contribution is -2.03. The lowest BCUT2D eigenvalue weighted by molar-refractivity contribution is 0.354. The summed E-state index contributed by atoms with van der Waals surface area (Å²) >= 11 is 6.14. The predicted molar refractivity (Wildman–Crippen MR) is 66.1 cm³/mol. The first-order valence-electron chi connectivity index (χ1n) is 5.12. The zero-order valence-corrected chi connectivity index (χ0v) is 10.7. The molecule has 7 nitrogen and oxygen atoms in total. The number of nitrogens with one attached hydrogen (secondary N) is 2. The van der Waals surface area contributed by atoms with Crippen LogP contribution >= 0.6 is 11.6 Å². The molecule has 0 fully saturated rings. The average molecular weight is 270 g/mol. The number of rotatable bonds is 5. The molecule has 0 aliphatic carbocycles. The van der Waals surface area contributed by atoms with Crippen molar-refractivity contribution in [3.63, 3.8) is 0 Å². The minimum Gasteiger partial charge on any atom is -0.493 e. The number of tetrazole rings is 1. The van der Waals surface area contributed by atoms with E-state index in [4.69, 9.17) is 21.1 Å². The Morgan fingerprint density at radius 2 is 2.00 bits per heavy atom.